The van der Waals surface area contributed by atoms with E-state index >= 15 is 0 Å². The van der Waals surface area contributed by atoms with Crippen molar-refractivity contribution in [1.82, 2.24) is 4.90 Å². The summed E-state index contributed by atoms with van der Waals surface area (Å²) < 4.78 is 0. The van der Waals surface area contributed by atoms with Gasteiger partial charge in [0.2, 0.25) is 0 Å². The van der Waals surface area contributed by atoms with Crippen LogP contribution in [0, 0.1) is 6.92 Å². The monoisotopic (exact) mass is 469 g/mol. The average Bonchev–Trinajstić information content (AvgIpc) is 2.84. The van der Waals surface area contributed by atoms with Crippen molar-refractivity contribution in [3.05, 3.63) is 94.4 Å². The largest absolute Gasteiger partial charge is 0.365 e. The van der Waals surface area contributed by atoms with Crippen molar-refractivity contribution in [3.63, 3.8) is 0 Å². The van der Waals surface area contributed by atoms with E-state index in [4.69, 9.17) is 0 Å². The topological polar surface area (TPSA) is 52.6 Å². The van der Waals surface area contributed by atoms with Gasteiger partial charge in [-0.2, -0.15) is 0 Å². The quantitative estimate of drug-likeness (QED) is 0.520. The minimum atomic E-state index is -0.107. The number of carbonyl (C=O) groups excluding carboxylic acids is 2. The van der Waals surface area contributed by atoms with Crippen LogP contribution < -0.4 is 10.2 Å². The van der Waals surface area contributed by atoms with Gasteiger partial charge in [-0.05, 0) is 67.4 Å². The first-order chi connectivity index (χ1) is 16.5. The molecule has 172 valence electrons. The fraction of sp³-hybridized carbons (Fsp3) is 0.214. The van der Waals surface area contributed by atoms with E-state index in [1.807, 2.05) is 59.5 Å². The summed E-state index contributed by atoms with van der Waals surface area (Å²) in [5.74, 6) is -0.0574. The van der Waals surface area contributed by atoms with Gasteiger partial charge in [0, 0.05) is 41.8 Å². The molecule has 1 unspecified atom stereocenters. The number of nitrogens with zero attached hydrogens (tertiary/aromatic N) is 2. The number of anilines is 2. The third kappa shape index (κ3) is 4.59. The molecule has 0 bridgehead atoms. The van der Waals surface area contributed by atoms with Gasteiger partial charge in [0.15, 0.2) is 0 Å². The first kappa shape index (κ1) is 22.3. The van der Waals surface area contributed by atoms with Crippen molar-refractivity contribution < 1.29 is 9.59 Å². The number of aryl methyl sites for hydroxylation is 1. The Kier molecular flexibility index (Phi) is 6.16. The van der Waals surface area contributed by atoms with E-state index in [0.717, 1.165) is 22.7 Å². The first-order valence-electron chi connectivity index (χ1n) is 11.5. The van der Waals surface area contributed by atoms with Crippen LogP contribution in [0.3, 0.4) is 0 Å². The van der Waals surface area contributed by atoms with Crippen LogP contribution in [0.2, 0.25) is 0 Å². The fourth-order valence-corrected chi connectivity index (χ4v) is 5.44. The molecule has 6 heteroatoms. The van der Waals surface area contributed by atoms with Gasteiger partial charge >= 0.3 is 0 Å². The van der Waals surface area contributed by atoms with Crippen LogP contribution in [0.4, 0.5) is 11.4 Å². The highest BCUT2D eigenvalue weighted by molar-refractivity contribution is 8.04. The molecule has 2 aliphatic heterocycles. The lowest BCUT2D eigenvalue weighted by Gasteiger charge is -2.41. The summed E-state index contributed by atoms with van der Waals surface area (Å²) >= 11 is 1.46. The summed E-state index contributed by atoms with van der Waals surface area (Å²) in [5.41, 5.74) is 4.86. The Balaban J connectivity index is 1.26. The molecule has 2 amide bonds. The Morgan fingerprint density at radius 1 is 1.03 bits per heavy atom. The van der Waals surface area contributed by atoms with Crippen molar-refractivity contribution in [3.8, 4) is 0 Å². The van der Waals surface area contributed by atoms with Crippen LogP contribution in [0.25, 0.3) is 6.08 Å². The highest BCUT2D eigenvalue weighted by Crippen LogP contribution is 2.38. The maximum Gasteiger partial charge on any atom is 0.262 e. The van der Waals surface area contributed by atoms with Crippen molar-refractivity contribution >= 4 is 41.0 Å². The number of piperazine rings is 1. The molecule has 0 spiro atoms. The van der Waals surface area contributed by atoms with Crippen molar-refractivity contribution in [2.24, 2.45) is 0 Å². The zero-order chi connectivity index (χ0) is 23.7. The maximum absolute atomic E-state index is 13.2. The SMILES string of the molecule is Cc1cccc(N2CCN(C(=O)c3ccc(/C=C4/Sc5ccccc5NC4=O)cc3)CC2C)c1. The smallest absolute Gasteiger partial charge is 0.262 e. The normalized spacial score (nSPS) is 19.1. The number of benzene rings is 3. The molecule has 0 saturated carbocycles. The molecule has 1 atom stereocenters. The minimum absolute atomic E-state index is 0.0497. The highest BCUT2D eigenvalue weighted by Gasteiger charge is 2.27. The van der Waals surface area contributed by atoms with Crippen LogP contribution >= 0.6 is 11.8 Å². The average molecular weight is 470 g/mol. The zero-order valence-corrected chi connectivity index (χ0v) is 20.1. The minimum Gasteiger partial charge on any atom is -0.365 e. The molecule has 2 heterocycles. The molecular weight excluding hydrogens is 442 g/mol. The van der Waals surface area contributed by atoms with E-state index in [1.165, 1.54) is 23.0 Å². The lowest BCUT2D eigenvalue weighted by atomic mass is 10.1. The predicted octanol–water partition coefficient (Wildman–Crippen LogP) is 5.43. The standard InChI is InChI=1S/C28H27N3O2S/c1-19-6-5-7-23(16-19)31-15-14-30(18-20(31)2)28(33)22-12-10-21(11-13-22)17-26-27(32)29-24-8-3-4-9-25(24)34-26/h3-13,16-17,20H,14-15,18H2,1-2H3,(H,29,32)/b26-17+. The number of carbonyl (C=O) groups is 2. The summed E-state index contributed by atoms with van der Waals surface area (Å²) in [6, 6.07) is 24.0. The Bertz CT molecular complexity index is 1270. The van der Waals surface area contributed by atoms with Gasteiger partial charge in [0.25, 0.3) is 11.8 Å². The Morgan fingerprint density at radius 3 is 2.59 bits per heavy atom. The van der Waals surface area contributed by atoms with E-state index in [2.05, 4.69) is 48.3 Å². The van der Waals surface area contributed by atoms with Crippen LogP contribution in [-0.4, -0.2) is 42.4 Å². The predicted molar refractivity (Wildman–Crippen MR) is 139 cm³/mol. The van der Waals surface area contributed by atoms with Gasteiger partial charge in [0.1, 0.15) is 0 Å². The van der Waals surface area contributed by atoms with Gasteiger partial charge in [-0.15, -0.1) is 0 Å². The van der Waals surface area contributed by atoms with E-state index in [-0.39, 0.29) is 17.9 Å². The van der Waals surface area contributed by atoms with E-state index in [1.54, 1.807) is 0 Å². The fourth-order valence-electron chi connectivity index (χ4n) is 4.49. The molecule has 3 aromatic carbocycles. The number of rotatable bonds is 3. The van der Waals surface area contributed by atoms with Crippen molar-refractivity contribution in [1.29, 1.82) is 0 Å². The molecule has 5 nitrogen and oxygen atoms in total. The summed E-state index contributed by atoms with van der Waals surface area (Å²) in [6.07, 6.45) is 1.87. The second-order valence-corrected chi connectivity index (χ2v) is 9.90. The first-order valence-corrected chi connectivity index (χ1v) is 12.3. The number of para-hydroxylation sites is 1. The number of fused-ring (bicyclic) bond motifs is 1. The van der Waals surface area contributed by atoms with Crippen molar-refractivity contribution in [2.45, 2.75) is 24.8 Å². The van der Waals surface area contributed by atoms with E-state index in [0.29, 0.717) is 23.6 Å². The van der Waals surface area contributed by atoms with Crippen LogP contribution in [0.1, 0.15) is 28.4 Å². The number of nitrogens with one attached hydrogen (secondary N) is 1. The van der Waals surface area contributed by atoms with Crippen molar-refractivity contribution in [2.75, 3.05) is 29.9 Å². The molecule has 0 aliphatic carbocycles. The van der Waals surface area contributed by atoms with Gasteiger partial charge in [-0.3, -0.25) is 9.59 Å². The molecule has 34 heavy (non-hydrogen) atoms. The molecule has 5 rings (SSSR count). The Hall–Kier alpha value is -3.51. The number of amides is 2. The van der Waals surface area contributed by atoms with Crippen LogP contribution in [0.5, 0.6) is 0 Å². The molecule has 3 aromatic rings. The van der Waals surface area contributed by atoms with Gasteiger partial charge in [0.05, 0.1) is 10.6 Å². The molecule has 2 aliphatic rings. The molecule has 1 fully saturated rings. The highest BCUT2D eigenvalue weighted by atomic mass is 32.2. The van der Waals surface area contributed by atoms with Gasteiger partial charge in [-0.1, -0.05) is 48.2 Å². The summed E-state index contributed by atoms with van der Waals surface area (Å²) in [4.78, 5) is 31.6. The summed E-state index contributed by atoms with van der Waals surface area (Å²) in [5, 5.41) is 2.93. The maximum atomic E-state index is 13.2. The van der Waals surface area contributed by atoms with E-state index < -0.39 is 0 Å². The van der Waals surface area contributed by atoms with Gasteiger partial charge in [-0.25, -0.2) is 0 Å². The number of hydrogen-bond donors (Lipinski definition) is 1. The molecule has 1 N–H and O–H groups in total. The molecular formula is C28H27N3O2S. The lowest BCUT2D eigenvalue weighted by molar-refractivity contribution is -0.112. The van der Waals surface area contributed by atoms with Crippen LogP contribution in [0.15, 0.2) is 82.6 Å². The molecule has 1 saturated heterocycles. The Morgan fingerprint density at radius 2 is 1.82 bits per heavy atom. The van der Waals surface area contributed by atoms with Gasteiger partial charge < -0.3 is 15.1 Å². The number of hydrogen-bond acceptors (Lipinski definition) is 4. The summed E-state index contributed by atoms with van der Waals surface area (Å²) in [7, 11) is 0. The second-order valence-electron chi connectivity index (χ2n) is 8.82. The lowest BCUT2D eigenvalue weighted by Crippen LogP contribution is -2.53. The Labute approximate surface area is 204 Å². The zero-order valence-electron chi connectivity index (χ0n) is 19.3. The number of thioether (sulfide) groups is 1. The molecule has 0 aromatic heterocycles. The summed E-state index contributed by atoms with van der Waals surface area (Å²) in [6.45, 7) is 6.47. The third-order valence-corrected chi connectivity index (χ3v) is 7.38. The second kappa shape index (κ2) is 9.39. The van der Waals surface area contributed by atoms with Crippen LogP contribution in [-0.2, 0) is 4.79 Å². The molecule has 0 radical (unpaired) electrons. The van der Waals surface area contributed by atoms with E-state index in [9.17, 15) is 9.59 Å². The third-order valence-electron chi connectivity index (χ3n) is 6.28.